The van der Waals surface area contributed by atoms with E-state index in [1.54, 1.807) is 17.4 Å². The molecule has 0 aromatic carbocycles. The second kappa shape index (κ2) is 4.35. The third-order valence-electron chi connectivity index (χ3n) is 1.78. The fourth-order valence-electron chi connectivity index (χ4n) is 1.04. The Morgan fingerprint density at radius 3 is 2.57 bits per heavy atom. The molecule has 0 spiro atoms. The van der Waals surface area contributed by atoms with Crippen LogP contribution in [0.15, 0.2) is 39.7 Å². The third kappa shape index (κ3) is 2.19. The van der Waals surface area contributed by atoms with E-state index in [-0.39, 0.29) is 5.78 Å². The molecule has 2 aromatic rings. The standard InChI is InChI=1S/C11H8OS2/c12-11(10-4-6-14-8-10)2-1-9-3-5-13-7-9/h1-8H. The van der Waals surface area contributed by atoms with Crippen molar-refractivity contribution < 1.29 is 4.79 Å². The lowest BCUT2D eigenvalue weighted by atomic mass is 10.2. The summed E-state index contributed by atoms with van der Waals surface area (Å²) in [5.41, 5.74) is 1.85. The lowest BCUT2D eigenvalue weighted by Crippen LogP contribution is -1.89. The van der Waals surface area contributed by atoms with Crippen LogP contribution in [0.2, 0.25) is 0 Å². The molecule has 0 amide bonds. The summed E-state index contributed by atoms with van der Waals surface area (Å²) in [6.45, 7) is 0. The summed E-state index contributed by atoms with van der Waals surface area (Å²) in [6, 6.07) is 3.83. The fraction of sp³-hybridized carbons (Fsp3) is 0. The second-order valence-corrected chi connectivity index (χ2v) is 4.33. The molecule has 0 N–H and O–H groups in total. The first-order valence-electron chi connectivity index (χ1n) is 4.13. The number of hydrogen-bond acceptors (Lipinski definition) is 3. The number of rotatable bonds is 3. The van der Waals surface area contributed by atoms with Crippen molar-refractivity contribution in [3.63, 3.8) is 0 Å². The maximum atomic E-state index is 11.5. The first-order chi connectivity index (χ1) is 6.86. The minimum Gasteiger partial charge on any atom is -0.289 e. The van der Waals surface area contributed by atoms with Crippen LogP contribution in [0, 0.1) is 0 Å². The summed E-state index contributed by atoms with van der Waals surface area (Å²) in [5.74, 6) is 0.0671. The van der Waals surface area contributed by atoms with Gasteiger partial charge in [-0.2, -0.15) is 22.7 Å². The highest BCUT2D eigenvalue weighted by molar-refractivity contribution is 7.08. The van der Waals surface area contributed by atoms with E-state index >= 15 is 0 Å². The highest BCUT2D eigenvalue weighted by Crippen LogP contribution is 2.11. The Morgan fingerprint density at radius 1 is 1.14 bits per heavy atom. The van der Waals surface area contributed by atoms with Crippen molar-refractivity contribution in [2.75, 3.05) is 0 Å². The molecule has 1 nitrogen and oxygen atoms in total. The molecule has 0 bridgehead atoms. The molecule has 0 saturated heterocycles. The smallest absolute Gasteiger partial charge is 0.186 e. The molecule has 0 saturated carbocycles. The van der Waals surface area contributed by atoms with Crippen LogP contribution in [0.4, 0.5) is 0 Å². The lowest BCUT2D eigenvalue weighted by molar-refractivity contribution is 0.104. The largest absolute Gasteiger partial charge is 0.289 e. The van der Waals surface area contributed by atoms with Gasteiger partial charge >= 0.3 is 0 Å². The predicted molar refractivity (Wildman–Crippen MR) is 62.0 cm³/mol. The SMILES string of the molecule is O=C(C=Cc1ccsc1)c1ccsc1. The van der Waals surface area contributed by atoms with Crippen molar-refractivity contribution in [2.45, 2.75) is 0 Å². The topological polar surface area (TPSA) is 17.1 Å². The first-order valence-corrected chi connectivity index (χ1v) is 6.01. The lowest BCUT2D eigenvalue weighted by Gasteiger charge is -1.87. The van der Waals surface area contributed by atoms with Gasteiger partial charge in [-0.3, -0.25) is 4.79 Å². The predicted octanol–water partition coefficient (Wildman–Crippen LogP) is 3.71. The van der Waals surface area contributed by atoms with Crippen LogP contribution in [0.25, 0.3) is 6.08 Å². The number of ketones is 1. The molecule has 0 aliphatic carbocycles. The molecule has 14 heavy (non-hydrogen) atoms. The first kappa shape index (κ1) is 9.37. The Balaban J connectivity index is 2.09. The quantitative estimate of drug-likeness (QED) is 0.569. The Labute approximate surface area is 90.3 Å². The molecular weight excluding hydrogens is 212 g/mol. The van der Waals surface area contributed by atoms with E-state index in [0.29, 0.717) is 0 Å². The Bertz CT molecular complexity index is 424. The van der Waals surface area contributed by atoms with Gasteiger partial charge in [-0.1, -0.05) is 6.08 Å². The number of allylic oxidation sites excluding steroid dienone is 1. The molecule has 70 valence electrons. The monoisotopic (exact) mass is 220 g/mol. The van der Waals surface area contributed by atoms with Crippen LogP contribution in [-0.4, -0.2) is 5.78 Å². The van der Waals surface area contributed by atoms with Crippen molar-refractivity contribution in [2.24, 2.45) is 0 Å². The van der Waals surface area contributed by atoms with Gasteiger partial charge in [0.15, 0.2) is 5.78 Å². The molecule has 0 atom stereocenters. The van der Waals surface area contributed by atoms with Gasteiger partial charge in [0.1, 0.15) is 0 Å². The number of hydrogen-bond donors (Lipinski definition) is 0. The highest BCUT2D eigenvalue weighted by atomic mass is 32.1. The molecular formula is C11H8OS2. The van der Waals surface area contributed by atoms with Gasteiger partial charge in [-0.25, -0.2) is 0 Å². The van der Waals surface area contributed by atoms with E-state index in [1.807, 2.05) is 39.7 Å². The van der Waals surface area contributed by atoms with Crippen molar-refractivity contribution >= 4 is 34.5 Å². The summed E-state index contributed by atoms with van der Waals surface area (Å²) in [6.07, 6.45) is 3.46. The minimum absolute atomic E-state index is 0.0671. The highest BCUT2D eigenvalue weighted by Gasteiger charge is 2.00. The Kier molecular flexibility index (Phi) is 2.91. The van der Waals surface area contributed by atoms with Crippen molar-refractivity contribution in [1.82, 2.24) is 0 Å². The van der Waals surface area contributed by atoms with Crippen LogP contribution in [0.1, 0.15) is 15.9 Å². The Hall–Kier alpha value is -1.19. The van der Waals surface area contributed by atoms with Gasteiger partial charge in [-0.15, -0.1) is 0 Å². The van der Waals surface area contributed by atoms with Gasteiger partial charge in [0.05, 0.1) is 0 Å². The molecule has 0 aliphatic rings. The van der Waals surface area contributed by atoms with Crippen molar-refractivity contribution in [3.05, 3.63) is 50.9 Å². The van der Waals surface area contributed by atoms with E-state index in [4.69, 9.17) is 0 Å². The van der Waals surface area contributed by atoms with Gasteiger partial charge in [0.25, 0.3) is 0 Å². The van der Waals surface area contributed by atoms with E-state index in [0.717, 1.165) is 11.1 Å². The fourth-order valence-corrected chi connectivity index (χ4v) is 2.32. The van der Waals surface area contributed by atoms with E-state index in [2.05, 4.69) is 0 Å². The Morgan fingerprint density at radius 2 is 1.93 bits per heavy atom. The zero-order valence-corrected chi connectivity index (χ0v) is 8.98. The average Bonchev–Trinajstić information content (AvgIpc) is 2.87. The summed E-state index contributed by atoms with van der Waals surface area (Å²) >= 11 is 3.17. The van der Waals surface area contributed by atoms with Gasteiger partial charge < -0.3 is 0 Å². The van der Waals surface area contributed by atoms with Crippen LogP contribution in [0.3, 0.4) is 0 Å². The van der Waals surface area contributed by atoms with Crippen molar-refractivity contribution in [1.29, 1.82) is 0 Å². The average molecular weight is 220 g/mol. The molecule has 0 aliphatic heterocycles. The number of thiophene rings is 2. The molecule has 2 aromatic heterocycles. The van der Waals surface area contributed by atoms with E-state index in [9.17, 15) is 4.79 Å². The van der Waals surface area contributed by atoms with Crippen LogP contribution < -0.4 is 0 Å². The molecule has 0 fully saturated rings. The van der Waals surface area contributed by atoms with Crippen LogP contribution >= 0.6 is 22.7 Å². The van der Waals surface area contributed by atoms with E-state index < -0.39 is 0 Å². The summed E-state index contributed by atoms with van der Waals surface area (Å²) in [4.78, 5) is 11.5. The van der Waals surface area contributed by atoms with Crippen LogP contribution in [-0.2, 0) is 0 Å². The number of carbonyl (C=O) groups excluding carboxylic acids is 1. The molecule has 0 radical (unpaired) electrons. The van der Waals surface area contributed by atoms with Gasteiger partial charge in [0.2, 0.25) is 0 Å². The van der Waals surface area contributed by atoms with Gasteiger partial charge in [0, 0.05) is 10.9 Å². The minimum atomic E-state index is 0.0671. The maximum absolute atomic E-state index is 11.5. The second-order valence-electron chi connectivity index (χ2n) is 2.77. The normalized spacial score (nSPS) is 10.9. The molecule has 2 heterocycles. The van der Waals surface area contributed by atoms with Gasteiger partial charge in [-0.05, 0) is 39.9 Å². The maximum Gasteiger partial charge on any atom is 0.186 e. The number of carbonyl (C=O) groups is 1. The molecule has 0 unspecified atom stereocenters. The zero-order valence-electron chi connectivity index (χ0n) is 7.34. The van der Waals surface area contributed by atoms with Crippen molar-refractivity contribution in [3.8, 4) is 0 Å². The third-order valence-corrected chi connectivity index (χ3v) is 3.16. The summed E-state index contributed by atoms with van der Waals surface area (Å²) in [7, 11) is 0. The summed E-state index contributed by atoms with van der Waals surface area (Å²) < 4.78 is 0. The van der Waals surface area contributed by atoms with Crippen LogP contribution in [0.5, 0.6) is 0 Å². The zero-order chi connectivity index (χ0) is 9.80. The molecule has 2 rings (SSSR count). The molecule has 3 heteroatoms. The summed E-state index contributed by atoms with van der Waals surface area (Å²) in [5, 5.41) is 7.78. The van der Waals surface area contributed by atoms with E-state index in [1.165, 1.54) is 11.3 Å².